The van der Waals surface area contributed by atoms with E-state index in [9.17, 15) is 0 Å². The topological polar surface area (TPSA) is 47.0 Å². The molecular formula is C12H11BrClN3OS. The van der Waals surface area contributed by atoms with Crippen LogP contribution in [-0.2, 0) is 17.8 Å². The highest BCUT2D eigenvalue weighted by atomic mass is 79.9. The molecule has 0 fully saturated rings. The first-order valence-electron chi connectivity index (χ1n) is 5.79. The molecule has 0 unspecified atom stereocenters. The summed E-state index contributed by atoms with van der Waals surface area (Å²) in [5.41, 5.74) is 2.11. The normalized spacial score (nSPS) is 14.3. The summed E-state index contributed by atoms with van der Waals surface area (Å²) in [6.07, 6.45) is 0.819. The van der Waals surface area contributed by atoms with Gasteiger partial charge in [0.25, 0.3) is 0 Å². The Balaban J connectivity index is 2.11. The molecule has 2 aromatic rings. The molecule has 2 aromatic heterocycles. The van der Waals surface area contributed by atoms with Gasteiger partial charge < -0.3 is 10.1 Å². The Hall–Kier alpha value is -0.690. The third-order valence-corrected chi connectivity index (χ3v) is 5.40. The van der Waals surface area contributed by atoms with Gasteiger partial charge in [-0.25, -0.2) is 9.97 Å². The predicted octanol–water partition coefficient (Wildman–Crippen LogP) is 3.74. The first kappa shape index (κ1) is 13.3. The summed E-state index contributed by atoms with van der Waals surface area (Å²) in [6.45, 7) is 1.28. The Labute approximate surface area is 128 Å². The van der Waals surface area contributed by atoms with E-state index in [1.54, 1.807) is 0 Å². The lowest BCUT2D eigenvalue weighted by Crippen LogP contribution is -2.15. The molecule has 0 saturated heterocycles. The molecular weight excluding hydrogens is 350 g/mol. The molecule has 0 amide bonds. The Bertz CT molecular complexity index is 595. The molecule has 0 spiro atoms. The maximum Gasteiger partial charge on any atom is 0.171 e. The fourth-order valence-electron chi connectivity index (χ4n) is 2.01. The number of thiophene rings is 1. The minimum atomic E-state index is 0.570. The van der Waals surface area contributed by atoms with E-state index in [1.807, 2.05) is 13.1 Å². The molecule has 0 bridgehead atoms. The van der Waals surface area contributed by atoms with Crippen LogP contribution in [0.5, 0.6) is 0 Å². The standard InChI is InChI=1S/C12H11BrClN3OS/c1-15-11-6-5-18-3-2-8(6)16-12(17-11)9-4-7(13)10(14)19-9/h4H,2-3,5H2,1H3,(H,15,16,17). The van der Waals surface area contributed by atoms with Crippen LogP contribution in [0.25, 0.3) is 10.7 Å². The molecule has 3 heterocycles. The van der Waals surface area contributed by atoms with E-state index in [1.165, 1.54) is 11.3 Å². The highest BCUT2D eigenvalue weighted by Gasteiger charge is 2.19. The highest BCUT2D eigenvalue weighted by molar-refractivity contribution is 9.10. The lowest BCUT2D eigenvalue weighted by Gasteiger charge is -2.18. The van der Waals surface area contributed by atoms with Gasteiger partial charge >= 0.3 is 0 Å². The Morgan fingerprint density at radius 3 is 3.00 bits per heavy atom. The molecule has 1 aliphatic rings. The number of halogens is 2. The maximum atomic E-state index is 6.08. The largest absolute Gasteiger partial charge is 0.376 e. The fraction of sp³-hybridized carbons (Fsp3) is 0.333. The molecule has 0 atom stereocenters. The molecule has 100 valence electrons. The van der Waals surface area contributed by atoms with Crippen LogP contribution in [0.4, 0.5) is 5.82 Å². The van der Waals surface area contributed by atoms with E-state index in [-0.39, 0.29) is 0 Å². The number of rotatable bonds is 2. The number of ether oxygens (including phenoxy) is 1. The van der Waals surface area contributed by atoms with Crippen molar-refractivity contribution in [2.45, 2.75) is 13.0 Å². The SMILES string of the molecule is CNc1nc(-c2cc(Br)c(Cl)s2)nc2c1COCC2. The monoisotopic (exact) mass is 359 g/mol. The average Bonchev–Trinajstić information content (AvgIpc) is 2.77. The zero-order valence-electron chi connectivity index (χ0n) is 10.2. The third kappa shape index (κ3) is 2.50. The molecule has 4 nitrogen and oxygen atoms in total. The van der Waals surface area contributed by atoms with E-state index < -0.39 is 0 Å². The summed E-state index contributed by atoms with van der Waals surface area (Å²) < 4.78 is 7.05. The van der Waals surface area contributed by atoms with E-state index in [0.29, 0.717) is 23.4 Å². The number of nitrogens with zero attached hydrogens (tertiary/aromatic N) is 2. The maximum absolute atomic E-state index is 6.08. The van der Waals surface area contributed by atoms with E-state index in [2.05, 4.69) is 31.2 Å². The third-order valence-electron chi connectivity index (χ3n) is 2.92. The van der Waals surface area contributed by atoms with Crippen molar-refractivity contribution in [3.8, 4) is 10.7 Å². The second-order valence-electron chi connectivity index (χ2n) is 4.11. The van der Waals surface area contributed by atoms with Gasteiger partial charge in [0.05, 0.1) is 23.8 Å². The van der Waals surface area contributed by atoms with Gasteiger partial charge in [0.15, 0.2) is 5.82 Å². The number of aromatic nitrogens is 2. The minimum absolute atomic E-state index is 0.570. The van der Waals surface area contributed by atoms with Gasteiger partial charge in [-0.3, -0.25) is 0 Å². The summed E-state index contributed by atoms with van der Waals surface area (Å²) >= 11 is 11.0. The molecule has 0 aromatic carbocycles. The number of fused-ring (bicyclic) bond motifs is 1. The van der Waals surface area contributed by atoms with Crippen LogP contribution in [0.1, 0.15) is 11.3 Å². The van der Waals surface area contributed by atoms with Gasteiger partial charge in [-0.2, -0.15) is 0 Å². The lowest BCUT2D eigenvalue weighted by atomic mass is 10.1. The van der Waals surface area contributed by atoms with Crippen molar-refractivity contribution in [2.24, 2.45) is 0 Å². The van der Waals surface area contributed by atoms with E-state index in [0.717, 1.165) is 32.8 Å². The molecule has 0 saturated carbocycles. The molecule has 19 heavy (non-hydrogen) atoms. The van der Waals surface area contributed by atoms with Crippen LogP contribution < -0.4 is 5.32 Å². The second kappa shape index (κ2) is 5.36. The lowest BCUT2D eigenvalue weighted by molar-refractivity contribution is 0.109. The van der Waals surface area contributed by atoms with Crippen LogP contribution in [0.2, 0.25) is 4.34 Å². The van der Waals surface area contributed by atoms with Crippen LogP contribution in [-0.4, -0.2) is 23.6 Å². The van der Waals surface area contributed by atoms with Crippen molar-refractivity contribution < 1.29 is 4.74 Å². The molecule has 3 rings (SSSR count). The zero-order chi connectivity index (χ0) is 13.4. The molecule has 0 radical (unpaired) electrons. The minimum Gasteiger partial charge on any atom is -0.376 e. The van der Waals surface area contributed by atoms with Crippen molar-refractivity contribution in [1.82, 2.24) is 9.97 Å². The van der Waals surface area contributed by atoms with Crippen LogP contribution in [0.3, 0.4) is 0 Å². The smallest absolute Gasteiger partial charge is 0.171 e. The molecule has 1 N–H and O–H groups in total. The van der Waals surface area contributed by atoms with E-state index in [4.69, 9.17) is 16.3 Å². The summed E-state index contributed by atoms with van der Waals surface area (Å²) in [6, 6.07) is 1.95. The Morgan fingerprint density at radius 2 is 2.32 bits per heavy atom. The first-order chi connectivity index (χ1) is 9.19. The van der Waals surface area contributed by atoms with Crippen molar-refractivity contribution in [1.29, 1.82) is 0 Å². The summed E-state index contributed by atoms with van der Waals surface area (Å²) in [5.74, 6) is 1.54. The van der Waals surface area contributed by atoms with Crippen molar-refractivity contribution in [2.75, 3.05) is 19.0 Å². The van der Waals surface area contributed by atoms with Crippen LogP contribution in [0, 0.1) is 0 Å². The first-order valence-corrected chi connectivity index (χ1v) is 7.78. The summed E-state index contributed by atoms with van der Waals surface area (Å²) in [4.78, 5) is 10.2. The van der Waals surface area contributed by atoms with E-state index >= 15 is 0 Å². The summed E-state index contributed by atoms with van der Waals surface area (Å²) in [7, 11) is 1.86. The molecule has 0 aliphatic carbocycles. The van der Waals surface area contributed by atoms with Crippen LogP contribution >= 0.6 is 38.9 Å². The van der Waals surface area contributed by atoms with Crippen molar-refractivity contribution in [3.63, 3.8) is 0 Å². The van der Waals surface area contributed by atoms with Crippen molar-refractivity contribution in [3.05, 3.63) is 26.1 Å². The van der Waals surface area contributed by atoms with Gasteiger partial charge in [0.2, 0.25) is 0 Å². The molecule has 1 aliphatic heterocycles. The quantitative estimate of drug-likeness (QED) is 0.886. The second-order valence-corrected chi connectivity index (χ2v) is 6.61. The van der Waals surface area contributed by atoms with Gasteiger partial charge in [-0.15, -0.1) is 11.3 Å². The number of anilines is 1. The number of hydrogen-bond acceptors (Lipinski definition) is 5. The fourth-order valence-corrected chi connectivity index (χ4v) is 3.64. The molecule has 7 heteroatoms. The van der Waals surface area contributed by atoms with Gasteiger partial charge in [-0.1, -0.05) is 11.6 Å². The highest BCUT2D eigenvalue weighted by Crippen LogP contribution is 2.37. The number of nitrogens with one attached hydrogen (secondary N) is 1. The van der Waals surface area contributed by atoms with Gasteiger partial charge in [0, 0.05) is 23.5 Å². The van der Waals surface area contributed by atoms with Gasteiger partial charge in [0.1, 0.15) is 10.2 Å². The number of hydrogen-bond donors (Lipinski definition) is 1. The van der Waals surface area contributed by atoms with Gasteiger partial charge in [-0.05, 0) is 22.0 Å². The van der Waals surface area contributed by atoms with Crippen LogP contribution in [0.15, 0.2) is 10.5 Å². The summed E-state index contributed by atoms with van der Waals surface area (Å²) in [5, 5.41) is 3.12. The zero-order valence-corrected chi connectivity index (χ0v) is 13.3. The predicted molar refractivity (Wildman–Crippen MR) is 81.0 cm³/mol. The average molecular weight is 361 g/mol. The van der Waals surface area contributed by atoms with Crippen molar-refractivity contribution >= 4 is 44.7 Å². The Kier molecular flexibility index (Phi) is 3.75. The Morgan fingerprint density at radius 1 is 1.47 bits per heavy atom.